The van der Waals surface area contributed by atoms with E-state index in [1.807, 2.05) is 66.8 Å². The zero-order valence-electron chi connectivity index (χ0n) is 45.8. The molecule has 0 aliphatic rings. The van der Waals surface area contributed by atoms with Crippen LogP contribution in [0.5, 0.6) is 0 Å². The van der Waals surface area contributed by atoms with Gasteiger partial charge in [-0.1, -0.05) is 274 Å². The van der Waals surface area contributed by atoms with E-state index in [0.717, 1.165) is 18.1 Å². The highest BCUT2D eigenvalue weighted by Gasteiger charge is 2.30. The summed E-state index contributed by atoms with van der Waals surface area (Å²) in [6.07, 6.45) is 51.3. The van der Waals surface area contributed by atoms with E-state index in [4.69, 9.17) is 31.6 Å². The van der Waals surface area contributed by atoms with Crippen LogP contribution in [-0.4, -0.2) is 75.3 Å². The lowest BCUT2D eigenvalue weighted by Crippen LogP contribution is -2.40. The molecule has 76 heavy (non-hydrogen) atoms. The molecule has 0 N–H and O–H groups in total. The van der Waals surface area contributed by atoms with Gasteiger partial charge in [0.2, 0.25) is 0 Å². The van der Waals surface area contributed by atoms with Crippen LogP contribution in [0.4, 0.5) is 0 Å². The van der Waals surface area contributed by atoms with E-state index in [9.17, 15) is 19.2 Å². The number of ether oxygens (including phenoxy) is 4. The van der Waals surface area contributed by atoms with Crippen LogP contribution in [0.15, 0.2) is 254 Å². The number of hydrogen-bond acceptors (Lipinski definition) is 8. The maximum atomic E-state index is 11.2. The minimum Gasteiger partial charge on any atom is -0.393 e. The summed E-state index contributed by atoms with van der Waals surface area (Å²) >= 11 is 12.4. The molecule has 0 unspecified atom stereocenters. The SMILES string of the molecule is C=C/C=C/CC(=O)OC(=O)C/C=C/C=C.C=C/C=C/CCOCC(=O)OC(=O)COCC/C=C/C=C.C=C/C=C/C[SiH2]Cl.C=C/C=C/C[SiH](C/C=C/C=C)C(C)(C)C.C=C/C=C/C[Si](Cl)(C/C=C/C=C)c1ccccc1. The van der Waals surface area contributed by atoms with Gasteiger partial charge in [0, 0.05) is 8.80 Å². The molecule has 0 spiro atoms. The number of rotatable bonds is 34. The van der Waals surface area contributed by atoms with Gasteiger partial charge in [0.25, 0.3) is 0 Å². The molecule has 1 aromatic carbocycles. The second kappa shape index (κ2) is 58.2. The second-order valence-electron chi connectivity index (χ2n) is 16.5. The van der Waals surface area contributed by atoms with Crippen molar-refractivity contribution in [1.82, 2.24) is 0 Å². The van der Waals surface area contributed by atoms with Crippen LogP contribution in [0.3, 0.4) is 0 Å². The number of benzene rings is 1. The molecule has 0 fully saturated rings. The summed E-state index contributed by atoms with van der Waals surface area (Å²) in [6.45, 7) is 39.5. The first-order valence-corrected chi connectivity index (χ1v) is 33.8. The first kappa shape index (κ1) is 76.5. The molecule has 0 aliphatic carbocycles. The van der Waals surface area contributed by atoms with Crippen molar-refractivity contribution in [3.63, 3.8) is 0 Å². The number of esters is 4. The molecular weight excluding hydrogens is 1040 g/mol. The van der Waals surface area contributed by atoms with Gasteiger partial charge in [-0.15, -0.1) is 0 Å². The highest BCUT2D eigenvalue weighted by Crippen LogP contribution is 2.32. The van der Waals surface area contributed by atoms with Gasteiger partial charge >= 0.3 is 23.9 Å². The number of carbonyl (C=O) groups is 4. The Balaban J connectivity index is -0.000000439. The Labute approximate surface area is 473 Å². The van der Waals surface area contributed by atoms with Gasteiger partial charge in [0.1, 0.15) is 22.0 Å². The van der Waals surface area contributed by atoms with Gasteiger partial charge in [0.15, 0.2) is 7.38 Å². The van der Waals surface area contributed by atoms with Crippen molar-refractivity contribution in [1.29, 1.82) is 0 Å². The standard InChI is InChI=1S/C16H19ClSi.C16H22O5.C14H24Si.C12H14O3.C5H9ClSi/c1-3-5-10-14-18(17,15-11-6-4-2)16-12-8-7-9-13-16;1-3-5-7-9-11-19-13-15(17)21-16(18)14-20-12-10-8-6-4-2;1-6-8-10-12-15(14(3,4)5)13-11-9-7-2;1-3-5-7-9-11(13)15-12(14)10-8-6-4-2;1-2-3-4-5-7-6/h3-13H,1-2,14-15H2;3-8H,1-2,9-14H2;6-11,15H,1-2,12-13H2,3-5H3;3-8H,1-2,9-10H2;2-4H,1,5,7H2/b10-5+,11-6+;7-5+,8-6+;10-8+,11-9+;7-5+,8-6+;4-3+. The topological polar surface area (TPSA) is 105 Å². The van der Waals surface area contributed by atoms with Crippen LogP contribution >= 0.6 is 22.2 Å². The van der Waals surface area contributed by atoms with Crippen molar-refractivity contribution in [3.05, 3.63) is 254 Å². The largest absolute Gasteiger partial charge is 0.393 e. The lowest BCUT2D eigenvalue weighted by atomic mass is 10.2. The lowest BCUT2D eigenvalue weighted by Gasteiger charge is -2.27. The summed E-state index contributed by atoms with van der Waals surface area (Å²) in [6, 6.07) is 15.8. The fraction of sp³-hybridized carbons (Fsp3) is 0.270. The van der Waals surface area contributed by atoms with Gasteiger partial charge in [-0.25, -0.2) is 9.59 Å². The minimum absolute atomic E-state index is 0.0724. The Hall–Kier alpha value is -6.03. The van der Waals surface area contributed by atoms with Crippen LogP contribution < -0.4 is 5.19 Å². The third-order valence-electron chi connectivity index (χ3n) is 9.29. The van der Waals surface area contributed by atoms with E-state index in [1.165, 1.54) is 17.3 Å². The van der Waals surface area contributed by atoms with Crippen molar-refractivity contribution in [2.75, 3.05) is 26.4 Å². The van der Waals surface area contributed by atoms with E-state index in [0.29, 0.717) is 31.1 Å². The molecule has 0 bridgehead atoms. The molecule has 0 amide bonds. The predicted molar refractivity (Wildman–Crippen MR) is 339 cm³/mol. The number of carbonyl (C=O) groups excluding carboxylic acids is 4. The highest BCUT2D eigenvalue weighted by molar-refractivity contribution is 7.27. The molecule has 1 aromatic rings. The van der Waals surface area contributed by atoms with Crippen LogP contribution in [0, 0.1) is 0 Å². The van der Waals surface area contributed by atoms with Crippen molar-refractivity contribution in [2.24, 2.45) is 0 Å². The first-order chi connectivity index (χ1) is 36.6. The van der Waals surface area contributed by atoms with Gasteiger partial charge in [-0.2, -0.15) is 22.2 Å². The molecule has 0 heterocycles. The number of hydrogen-bond donors (Lipinski definition) is 0. The Kier molecular flexibility index (Phi) is 58.6. The summed E-state index contributed by atoms with van der Waals surface area (Å²) in [4.78, 5) is 44.4. The first-order valence-electron chi connectivity index (χ1n) is 25.0. The zero-order valence-corrected chi connectivity index (χ0v) is 50.9. The monoisotopic (exact) mass is 1130 g/mol. The van der Waals surface area contributed by atoms with Gasteiger partial charge in [0.05, 0.1) is 26.1 Å². The zero-order chi connectivity index (χ0) is 57.8. The van der Waals surface area contributed by atoms with Crippen molar-refractivity contribution >= 4 is 76.2 Å². The normalized spacial score (nSPS) is 11.5. The van der Waals surface area contributed by atoms with E-state index in [1.54, 1.807) is 79.0 Å². The van der Waals surface area contributed by atoms with Crippen LogP contribution in [-0.2, 0) is 38.1 Å². The van der Waals surface area contributed by atoms with Crippen LogP contribution in [0.1, 0.15) is 46.5 Å². The maximum absolute atomic E-state index is 11.2. The Morgan fingerprint density at radius 3 is 1.22 bits per heavy atom. The highest BCUT2D eigenvalue weighted by atomic mass is 35.6. The van der Waals surface area contributed by atoms with Crippen molar-refractivity contribution in [3.8, 4) is 0 Å². The van der Waals surface area contributed by atoms with E-state index < -0.39 is 40.1 Å². The molecule has 0 atom stereocenters. The number of halogens is 2. The Morgan fingerprint density at radius 2 is 0.855 bits per heavy atom. The van der Waals surface area contributed by atoms with Crippen molar-refractivity contribution in [2.45, 2.75) is 81.7 Å². The smallest absolute Gasteiger partial charge is 0.339 e. The summed E-state index contributed by atoms with van der Waals surface area (Å²) in [5.74, 6) is -2.57. The minimum atomic E-state index is -2.00. The summed E-state index contributed by atoms with van der Waals surface area (Å²) in [7, 11) is -3.02. The average molecular weight is 1130 g/mol. The third-order valence-corrected chi connectivity index (χ3v) is 19.3. The second-order valence-corrected chi connectivity index (χ2v) is 28.2. The quantitative estimate of drug-likeness (QED) is 0.0168. The molecule has 13 heteroatoms. The van der Waals surface area contributed by atoms with Gasteiger partial charge < -0.3 is 18.9 Å². The van der Waals surface area contributed by atoms with Gasteiger partial charge in [-0.3, -0.25) is 9.59 Å². The fourth-order valence-electron chi connectivity index (χ4n) is 5.41. The summed E-state index contributed by atoms with van der Waals surface area (Å²) in [5, 5.41) is 1.76. The molecule has 414 valence electrons. The molecule has 0 aliphatic heterocycles. The molecule has 0 radical (unpaired) electrons. The van der Waals surface area contributed by atoms with E-state index >= 15 is 0 Å². The average Bonchev–Trinajstić information content (AvgIpc) is 3.39. The molecule has 0 aromatic heterocycles. The number of allylic oxidation sites excluding steroid dienone is 23. The fourth-order valence-corrected chi connectivity index (χ4v) is 12.0. The molecule has 8 nitrogen and oxygen atoms in total. The Bertz CT molecular complexity index is 1980. The molecule has 0 saturated carbocycles. The van der Waals surface area contributed by atoms with E-state index in [-0.39, 0.29) is 34.9 Å². The van der Waals surface area contributed by atoms with E-state index in [2.05, 4.69) is 138 Å². The summed E-state index contributed by atoms with van der Waals surface area (Å²) < 4.78 is 19.1. The van der Waals surface area contributed by atoms with Crippen LogP contribution in [0.25, 0.3) is 0 Å². The molecular formula is C63H88Cl2O8Si3. The third kappa shape index (κ3) is 55.7. The molecule has 0 saturated heterocycles. The van der Waals surface area contributed by atoms with Crippen LogP contribution in [0.2, 0.25) is 35.3 Å². The van der Waals surface area contributed by atoms with Crippen molar-refractivity contribution < 1.29 is 38.1 Å². The van der Waals surface area contributed by atoms with Gasteiger partial charge in [-0.05, 0) is 53.3 Å². The molecule has 1 rings (SSSR count). The maximum Gasteiger partial charge on any atom is 0.339 e. The lowest BCUT2D eigenvalue weighted by molar-refractivity contribution is -0.166. The summed E-state index contributed by atoms with van der Waals surface area (Å²) in [5.41, 5.74) is 0. The Morgan fingerprint density at radius 1 is 0.513 bits per heavy atom. The predicted octanol–water partition coefficient (Wildman–Crippen LogP) is 15.2.